The van der Waals surface area contributed by atoms with Crippen molar-refractivity contribution in [2.75, 3.05) is 12.4 Å². The summed E-state index contributed by atoms with van der Waals surface area (Å²) in [6, 6.07) is 1.76. The van der Waals surface area contributed by atoms with E-state index in [-0.39, 0.29) is 5.82 Å². The molecule has 0 saturated heterocycles. The standard InChI is InChI=1S/C10H9ClFN3S/c1-5-8(12)10(13-2)15-9(14-5)7-3-6(11)4-16-7/h3-4H,1-2H3,(H,13,14,15). The van der Waals surface area contributed by atoms with Gasteiger partial charge < -0.3 is 5.32 Å². The number of aryl methyl sites for hydroxylation is 1. The molecule has 84 valence electrons. The van der Waals surface area contributed by atoms with E-state index >= 15 is 0 Å². The number of hydrogen-bond donors (Lipinski definition) is 1. The number of nitrogens with zero attached hydrogens (tertiary/aromatic N) is 2. The summed E-state index contributed by atoms with van der Waals surface area (Å²) in [7, 11) is 1.62. The van der Waals surface area contributed by atoms with Crippen LogP contribution in [0.15, 0.2) is 11.4 Å². The van der Waals surface area contributed by atoms with E-state index in [9.17, 15) is 4.39 Å². The van der Waals surface area contributed by atoms with Crippen molar-refractivity contribution in [3.8, 4) is 10.7 Å². The first-order valence-electron chi connectivity index (χ1n) is 4.58. The number of halogens is 2. The molecule has 16 heavy (non-hydrogen) atoms. The van der Waals surface area contributed by atoms with E-state index in [1.165, 1.54) is 11.3 Å². The number of hydrogen-bond acceptors (Lipinski definition) is 4. The van der Waals surface area contributed by atoms with Crippen molar-refractivity contribution in [2.45, 2.75) is 6.92 Å². The van der Waals surface area contributed by atoms with Gasteiger partial charge in [0.05, 0.1) is 15.6 Å². The summed E-state index contributed by atoms with van der Waals surface area (Å²) in [6.45, 7) is 1.61. The molecular weight excluding hydrogens is 249 g/mol. The molecule has 0 unspecified atom stereocenters. The molecule has 0 saturated carbocycles. The lowest BCUT2D eigenvalue weighted by atomic mass is 10.3. The quantitative estimate of drug-likeness (QED) is 0.897. The van der Waals surface area contributed by atoms with E-state index in [1.54, 1.807) is 25.4 Å². The molecular formula is C10H9ClFN3S. The van der Waals surface area contributed by atoms with Gasteiger partial charge in [0, 0.05) is 12.4 Å². The third-order valence-corrected chi connectivity index (χ3v) is 3.32. The summed E-state index contributed by atoms with van der Waals surface area (Å²) in [5.41, 5.74) is 0.318. The first-order chi connectivity index (χ1) is 7.61. The van der Waals surface area contributed by atoms with Gasteiger partial charge in [-0.1, -0.05) is 11.6 Å². The minimum absolute atomic E-state index is 0.201. The number of thiophene rings is 1. The fraction of sp³-hybridized carbons (Fsp3) is 0.200. The van der Waals surface area contributed by atoms with Crippen molar-refractivity contribution in [3.05, 3.63) is 28.0 Å². The van der Waals surface area contributed by atoms with Crippen molar-refractivity contribution >= 4 is 28.8 Å². The van der Waals surface area contributed by atoms with E-state index in [1.807, 2.05) is 0 Å². The van der Waals surface area contributed by atoms with E-state index in [0.29, 0.717) is 16.5 Å². The zero-order chi connectivity index (χ0) is 11.7. The van der Waals surface area contributed by atoms with E-state index in [2.05, 4.69) is 15.3 Å². The Balaban J connectivity index is 2.54. The van der Waals surface area contributed by atoms with E-state index < -0.39 is 5.82 Å². The fourth-order valence-corrected chi connectivity index (χ4v) is 2.27. The molecule has 0 bridgehead atoms. The van der Waals surface area contributed by atoms with Gasteiger partial charge >= 0.3 is 0 Å². The summed E-state index contributed by atoms with van der Waals surface area (Å²) < 4.78 is 13.5. The molecule has 2 aromatic rings. The second-order valence-electron chi connectivity index (χ2n) is 3.17. The van der Waals surface area contributed by atoms with Crippen LogP contribution in [-0.2, 0) is 0 Å². The monoisotopic (exact) mass is 257 g/mol. The maximum Gasteiger partial charge on any atom is 0.186 e. The van der Waals surface area contributed by atoms with Crippen molar-refractivity contribution < 1.29 is 4.39 Å². The van der Waals surface area contributed by atoms with Crippen LogP contribution in [0.2, 0.25) is 5.02 Å². The predicted molar refractivity (Wildman–Crippen MR) is 64.6 cm³/mol. The lowest BCUT2D eigenvalue weighted by Crippen LogP contribution is -2.02. The Hall–Kier alpha value is -1.20. The number of nitrogens with one attached hydrogen (secondary N) is 1. The molecule has 3 nitrogen and oxygen atoms in total. The van der Waals surface area contributed by atoms with Crippen LogP contribution in [0.4, 0.5) is 10.2 Å². The SMILES string of the molecule is CNc1nc(-c2cc(Cl)cs2)nc(C)c1F. The average molecular weight is 258 g/mol. The molecule has 0 aromatic carbocycles. The third kappa shape index (κ3) is 2.01. The van der Waals surface area contributed by atoms with Crippen LogP contribution < -0.4 is 5.32 Å². The van der Waals surface area contributed by atoms with Gasteiger partial charge in [-0.3, -0.25) is 0 Å². The van der Waals surface area contributed by atoms with Crippen LogP contribution >= 0.6 is 22.9 Å². The van der Waals surface area contributed by atoms with Gasteiger partial charge in [0.1, 0.15) is 0 Å². The predicted octanol–water partition coefficient (Wildman–Crippen LogP) is 3.35. The van der Waals surface area contributed by atoms with Crippen LogP contribution in [0.3, 0.4) is 0 Å². The van der Waals surface area contributed by atoms with Crippen molar-refractivity contribution in [1.82, 2.24) is 9.97 Å². The van der Waals surface area contributed by atoms with Gasteiger partial charge in [0.2, 0.25) is 0 Å². The van der Waals surface area contributed by atoms with Crippen LogP contribution in [0.25, 0.3) is 10.7 Å². The fourth-order valence-electron chi connectivity index (χ4n) is 1.27. The Morgan fingerprint density at radius 1 is 1.44 bits per heavy atom. The topological polar surface area (TPSA) is 37.8 Å². The van der Waals surface area contributed by atoms with Crippen LogP contribution in [0.1, 0.15) is 5.69 Å². The minimum atomic E-state index is -0.422. The highest BCUT2D eigenvalue weighted by Crippen LogP contribution is 2.28. The molecule has 0 aliphatic carbocycles. The van der Waals surface area contributed by atoms with Crippen LogP contribution in [0.5, 0.6) is 0 Å². The maximum atomic E-state index is 13.5. The summed E-state index contributed by atoms with van der Waals surface area (Å²) in [6.07, 6.45) is 0. The van der Waals surface area contributed by atoms with Gasteiger partial charge in [0.25, 0.3) is 0 Å². The molecule has 0 amide bonds. The third-order valence-electron chi connectivity index (χ3n) is 2.04. The van der Waals surface area contributed by atoms with Crippen molar-refractivity contribution in [3.63, 3.8) is 0 Å². The molecule has 0 fully saturated rings. The molecule has 2 aromatic heterocycles. The Morgan fingerprint density at radius 3 is 2.75 bits per heavy atom. The zero-order valence-corrected chi connectivity index (χ0v) is 10.3. The smallest absolute Gasteiger partial charge is 0.186 e. The van der Waals surface area contributed by atoms with Crippen molar-refractivity contribution in [2.24, 2.45) is 0 Å². The van der Waals surface area contributed by atoms with E-state index in [0.717, 1.165) is 4.88 Å². The molecule has 0 radical (unpaired) electrons. The van der Waals surface area contributed by atoms with Gasteiger partial charge in [-0.15, -0.1) is 11.3 Å². The summed E-state index contributed by atoms with van der Waals surface area (Å²) in [4.78, 5) is 9.00. The Kier molecular flexibility index (Phi) is 3.07. The minimum Gasteiger partial charge on any atom is -0.371 e. The van der Waals surface area contributed by atoms with Gasteiger partial charge in [-0.05, 0) is 13.0 Å². The molecule has 2 rings (SSSR count). The first-order valence-corrected chi connectivity index (χ1v) is 5.84. The molecule has 0 spiro atoms. The highest BCUT2D eigenvalue weighted by Gasteiger charge is 2.12. The van der Waals surface area contributed by atoms with E-state index in [4.69, 9.17) is 11.6 Å². The Morgan fingerprint density at radius 2 is 2.19 bits per heavy atom. The average Bonchev–Trinajstić information content (AvgIpc) is 2.69. The molecule has 0 aliphatic rings. The lowest BCUT2D eigenvalue weighted by molar-refractivity contribution is 0.607. The second-order valence-corrected chi connectivity index (χ2v) is 4.52. The van der Waals surface area contributed by atoms with Crippen LogP contribution in [0, 0.1) is 12.7 Å². The molecule has 2 heterocycles. The Labute approximate surface area is 101 Å². The Bertz CT molecular complexity index is 527. The molecule has 1 N–H and O–H groups in total. The largest absolute Gasteiger partial charge is 0.371 e. The summed E-state index contributed by atoms with van der Waals surface area (Å²) >= 11 is 7.25. The molecule has 0 aliphatic heterocycles. The highest BCUT2D eigenvalue weighted by atomic mass is 35.5. The van der Waals surface area contributed by atoms with Crippen molar-refractivity contribution in [1.29, 1.82) is 0 Å². The van der Waals surface area contributed by atoms with Crippen LogP contribution in [-0.4, -0.2) is 17.0 Å². The first kappa shape index (κ1) is 11.3. The molecule has 6 heteroatoms. The normalized spacial score (nSPS) is 10.5. The molecule has 0 atom stereocenters. The van der Waals surface area contributed by atoms with Gasteiger partial charge in [-0.25, -0.2) is 14.4 Å². The van der Waals surface area contributed by atoms with Gasteiger partial charge in [0.15, 0.2) is 17.5 Å². The number of rotatable bonds is 2. The second kappa shape index (κ2) is 4.35. The zero-order valence-electron chi connectivity index (χ0n) is 8.71. The summed E-state index contributed by atoms with van der Waals surface area (Å²) in [5.74, 6) is 0.265. The highest BCUT2D eigenvalue weighted by molar-refractivity contribution is 7.14. The summed E-state index contributed by atoms with van der Waals surface area (Å²) in [5, 5.41) is 5.12. The number of anilines is 1. The van der Waals surface area contributed by atoms with Gasteiger partial charge in [-0.2, -0.15) is 0 Å². The number of aromatic nitrogens is 2. The maximum absolute atomic E-state index is 13.5. The lowest BCUT2D eigenvalue weighted by Gasteiger charge is -2.05.